The van der Waals surface area contributed by atoms with Gasteiger partial charge in [0.2, 0.25) is 0 Å². The maximum atomic E-state index is 6.22. The van der Waals surface area contributed by atoms with Crippen molar-refractivity contribution in [1.82, 2.24) is 5.32 Å². The van der Waals surface area contributed by atoms with Crippen molar-refractivity contribution in [3.05, 3.63) is 33.3 Å². The highest BCUT2D eigenvalue weighted by molar-refractivity contribution is 9.10. The molecule has 18 heavy (non-hydrogen) atoms. The first kappa shape index (κ1) is 16.0. The standard InChI is InChI=1S/C15H23BrClN/c1-3-6-14(18-4-2)8-5-7-12-9-10-13(16)11-15(12)17/h9-11,14,18H,3-8H2,1-2H3. The molecule has 0 amide bonds. The van der Waals surface area contributed by atoms with Crippen molar-refractivity contribution in [3.63, 3.8) is 0 Å². The van der Waals surface area contributed by atoms with Gasteiger partial charge in [-0.05, 0) is 49.9 Å². The predicted molar refractivity (Wildman–Crippen MR) is 84.5 cm³/mol. The van der Waals surface area contributed by atoms with Crippen LogP contribution in [0.15, 0.2) is 22.7 Å². The number of halogens is 2. The molecule has 0 aromatic heterocycles. The molecule has 0 aliphatic rings. The molecular weight excluding hydrogens is 310 g/mol. The SMILES string of the molecule is CCCC(CCCc1ccc(Br)cc1Cl)NCC. The topological polar surface area (TPSA) is 12.0 Å². The van der Waals surface area contributed by atoms with Crippen molar-refractivity contribution in [2.24, 2.45) is 0 Å². The van der Waals surface area contributed by atoms with Gasteiger partial charge in [-0.25, -0.2) is 0 Å². The number of nitrogens with one attached hydrogen (secondary N) is 1. The molecule has 3 heteroatoms. The number of aryl methyl sites for hydroxylation is 1. The van der Waals surface area contributed by atoms with Gasteiger partial charge in [0.1, 0.15) is 0 Å². The molecule has 0 aliphatic carbocycles. The van der Waals surface area contributed by atoms with Crippen molar-refractivity contribution in [1.29, 1.82) is 0 Å². The summed E-state index contributed by atoms with van der Waals surface area (Å²) in [6, 6.07) is 6.82. The van der Waals surface area contributed by atoms with Crippen LogP contribution in [0.2, 0.25) is 5.02 Å². The molecule has 0 aliphatic heterocycles. The van der Waals surface area contributed by atoms with Crippen LogP contribution in [0.4, 0.5) is 0 Å². The van der Waals surface area contributed by atoms with Gasteiger partial charge in [-0.15, -0.1) is 0 Å². The van der Waals surface area contributed by atoms with Gasteiger partial charge in [0, 0.05) is 15.5 Å². The summed E-state index contributed by atoms with van der Waals surface area (Å²) >= 11 is 9.66. The summed E-state index contributed by atoms with van der Waals surface area (Å²) in [5, 5.41) is 4.43. The summed E-state index contributed by atoms with van der Waals surface area (Å²) < 4.78 is 1.05. The van der Waals surface area contributed by atoms with Gasteiger partial charge >= 0.3 is 0 Å². The molecule has 0 bridgehead atoms. The van der Waals surface area contributed by atoms with E-state index in [9.17, 15) is 0 Å². The fraction of sp³-hybridized carbons (Fsp3) is 0.600. The minimum Gasteiger partial charge on any atom is -0.314 e. The van der Waals surface area contributed by atoms with Crippen molar-refractivity contribution in [3.8, 4) is 0 Å². The molecule has 0 fully saturated rings. The van der Waals surface area contributed by atoms with Gasteiger partial charge in [-0.3, -0.25) is 0 Å². The molecule has 0 radical (unpaired) electrons. The Morgan fingerprint density at radius 2 is 2.06 bits per heavy atom. The first-order valence-electron chi connectivity index (χ1n) is 6.84. The van der Waals surface area contributed by atoms with E-state index in [0.29, 0.717) is 6.04 Å². The van der Waals surface area contributed by atoms with Crippen molar-refractivity contribution in [2.45, 2.75) is 52.0 Å². The Balaban J connectivity index is 2.39. The largest absolute Gasteiger partial charge is 0.314 e. The quantitative estimate of drug-likeness (QED) is 0.689. The molecule has 1 aromatic rings. The van der Waals surface area contributed by atoms with E-state index < -0.39 is 0 Å². The zero-order chi connectivity index (χ0) is 13.4. The third kappa shape index (κ3) is 5.73. The maximum Gasteiger partial charge on any atom is 0.0449 e. The average molecular weight is 333 g/mol. The van der Waals surface area contributed by atoms with Crippen LogP contribution < -0.4 is 5.32 Å². The molecule has 0 saturated heterocycles. The zero-order valence-electron chi connectivity index (χ0n) is 11.3. The van der Waals surface area contributed by atoms with E-state index in [1.807, 2.05) is 6.07 Å². The Kier molecular flexibility index (Phi) is 7.96. The van der Waals surface area contributed by atoms with Gasteiger partial charge in [-0.1, -0.05) is 53.9 Å². The molecule has 1 rings (SSSR count). The van der Waals surface area contributed by atoms with E-state index in [-0.39, 0.29) is 0 Å². The van der Waals surface area contributed by atoms with Gasteiger partial charge in [0.25, 0.3) is 0 Å². The van der Waals surface area contributed by atoms with Crippen molar-refractivity contribution in [2.75, 3.05) is 6.54 Å². The molecular formula is C15H23BrClN. The predicted octanol–water partition coefficient (Wildman–Crippen LogP) is 5.20. The molecule has 1 N–H and O–H groups in total. The molecule has 0 spiro atoms. The Morgan fingerprint density at radius 3 is 2.67 bits per heavy atom. The first-order valence-corrected chi connectivity index (χ1v) is 8.01. The van der Waals surface area contributed by atoms with Crippen molar-refractivity contribution < 1.29 is 0 Å². The van der Waals surface area contributed by atoms with E-state index in [2.05, 4.69) is 47.2 Å². The first-order chi connectivity index (χ1) is 8.67. The lowest BCUT2D eigenvalue weighted by molar-refractivity contribution is 0.447. The molecule has 0 saturated carbocycles. The fourth-order valence-corrected chi connectivity index (χ4v) is 3.02. The minimum absolute atomic E-state index is 0.661. The van der Waals surface area contributed by atoms with Gasteiger partial charge in [0.15, 0.2) is 0 Å². The van der Waals surface area contributed by atoms with E-state index in [1.54, 1.807) is 0 Å². The Morgan fingerprint density at radius 1 is 1.28 bits per heavy atom. The highest BCUT2D eigenvalue weighted by Gasteiger charge is 2.07. The highest BCUT2D eigenvalue weighted by Crippen LogP contribution is 2.23. The number of rotatable bonds is 8. The van der Waals surface area contributed by atoms with Gasteiger partial charge in [0.05, 0.1) is 0 Å². The summed E-state index contributed by atoms with van der Waals surface area (Å²) in [7, 11) is 0. The second-order valence-electron chi connectivity index (χ2n) is 4.67. The average Bonchev–Trinajstić information content (AvgIpc) is 2.32. The molecule has 1 unspecified atom stereocenters. The summed E-state index contributed by atoms with van der Waals surface area (Å²) in [5.74, 6) is 0. The van der Waals surface area contributed by atoms with E-state index in [0.717, 1.165) is 22.5 Å². The van der Waals surface area contributed by atoms with Crippen molar-refractivity contribution >= 4 is 27.5 Å². The summed E-state index contributed by atoms with van der Waals surface area (Å²) in [6.45, 7) is 5.48. The molecule has 0 heterocycles. The van der Waals surface area contributed by atoms with Crippen LogP contribution in [-0.2, 0) is 6.42 Å². The van der Waals surface area contributed by atoms with Crippen LogP contribution in [0.5, 0.6) is 0 Å². The van der Waals surface area contributed by atoms with Crippen LogP contribution in [0.3, 0.4) is 0 Å². The molecule has 1 nitrogen and oxygen atoms in total. The summed E-state index contributed by atoms with van der Waals surface area (Å²) in [5.41, 5.74) is 1.26. The highest BCUT2D eigenvalue weighted by atomic mass is 79.9. The third-order valence-electron chi connectivity index (χ3n) is 3.14. The second kappa shape index (κ2) is 8.95. The van der Waals surface area contributed by atoms with E-state index in [1.165, 1.54) is 31.2 Å². The monoisotopic (exact) mass is 331 g/mol. The lowest BCUT2D eigenvalue weighted by Crippen LogP contribution is -2.28. The molecule has 1 aromatic carbocycles. The van der Waals surface area contributed by atoms with E-state index in [4.69, 9.17) is 11.6 Å². The lowest BCUT2D eigenvalue weighted by atomic mass is 10.0. The fourth-order valence-electron chi connectivity index (χ4n) is 2.25. The number of benzene rings is 1. The lowest BCUT2D eigenvalue weighted by Gasteiger charge is -2.17. The van der Waals surface area contributed by atoms with Gasteiger partial charge < -0.3 is 5.32 Å². The summed E-state index contributed by atoms with van der Waals surface area (Å²) in [6.07, 6.45) is 6.00. The van der Waals surface area contributed by atoms with E-state index >= 15 is 0 Å². The molecule has 102 valence electrons. The Bertz CT molecular complexity index is 348. The van der Waals surface area contributed by atoms with Crippen LogP contribution in [0.1, 0.15) is 45.1 Å². The second-order valence-corrected chi connectivity index (χ2v) is 5.99. The Hall–Kier alpha value is -0.0500. The van der Waals surface area contributed by atoms with Crippen LogP contribution in [-0.4, -0.2) is 12.6 Å². The Labute approximate surface area is 124 Å². The van der Waals surface area contributed by atoms with Crippen LogP contribution in [0.25, 0.3) is 0 Å². The number of hydrogen-bond acceptors (Lipinski definition) is 1. The van der Waals surface area contributed by atoms with Gasteiger partial charge in [-0.2, -0.15) is 0 Å². The normalized spacial score (nSPS) is 12.7. The van der Waals surface area contributed by atoms with Crippen LogP contribution >= 0.6 is 27.5 Å². The maximum absolute atomic E-state index is 6.22. The van der Waals surface area contributed by atoms with Crippen LogP contribution in [0, 0.1) is 0 Å². The molecule has 1 atom stereocenters. The minimum atomic E-state index is 0.661. The third-order valence-corrected chi connectivity index (χ3v) is 3.99. The number of hydrogen-bond donors (Lipinski definition) is 1. The zero-order valence-corrected chi connectivity index (χ0v) is 13.6. The smallest absolute Gasteiger partial charge is 0.0449 e. The summed E-state index contributed by atoms with van der Waals surface area (Å²) in [4.78, 5) is 0.